The molecule has 0 aliphatic rings. The van der Waals surface area contributed by atoms with Crippen LogP contribution in [-0.4, -0.2) is 52.6 Å². The molecule has 0 amide bonds. The van der Waals surface area contributed by atoms with Gasteiger partial charge in [0.1, 0.15) is 6.10 Å². The van der Waals surface area contributed by atoms with Gasteiger partial charge in [0.05, 0.1) is 30.0 Å². The first-order valence-electron chi connectivity index (χ1n) is 6.34. The number of rotatable bonds is 10. The Morgan fingerprint density at radius 3 is 1.85 bits per heavy atom. The van der Waals surface area contributed by atoms with Crippen molar-refractivity contribution in [1.29, 1.82) is 0 Å². The Morgan fingerprint density at radius 2 is 1.55 bits per heavy atom. The summed E-state index contributed by atoms with van der Waals surface area (Å²) in [6.07, 6.45) is -1.55. The molecular formula is C12H18NO7-3. The average Bonchev–Trinajstić information content (AvgIpc) is 2.34. The first-order valence-corrected chi connectivity index (χ1v) is 6.34. The van der Waals surface area contributed by atoms with Gasteiger partial charge in [-0.15, -0.1) is 0 Å². The number of aliphatic carboxylic acids is 3. The Balaban J connectivity index is 5.50. The Bertz CT molecular complexity index is 358. The van der Waals surface area contributed by atoms with E-state index < -0.39 is 36.1 Å². The molecule has 0 bridgehead atoms. The van der Waals surface area contributed by atoms with Crippen LogP contribution >= 0.6 is 0 Å². The molecule has 0 saturated heterocycles. The van der Waals surface area contributed by atoms with Crippen LogP contribution in [0.4, 0.5) is 0 Å². The molecule has 20 heavy (non-hydrogen) atoms. The van der Waals surface area contributed by atoms with Gasteiger partial charge in [-0.25, -0.2) is 0 Å². The first kappa shape index (κ1) is 18.3. The molecule has 0 aliphatic carbocycles. The number of aliphatic hydroxyl groups is 1. The molecule has 8 heteroatoms. The average molecular weight is 288 g/mol. The predicted molar refractivity (Wildman–Crippen MR) is 60.5 cm³/mol. The topological polar surface area (TPSA) is 144 Å². The lowest BCUT2D eigenvalue weighted by atomic mass is 10.0. The van der Waals surface area contributed by atoms with Crippen molar-refractivity contribution in [2.45, 2.75) is 51.3 Å². The SMILES string of the molecule is CCCC(C(=O)[O-])N(CCC)C(C(=O)[O-])C(O)C(=O)[O-]. The number of carbonyl (C=O) groups excluding carboxylic acids is 3. The van der Waals surface area contributed by atoms with E-state index >= 15 is 0 Å². The van der Waals surface area contributed by atoms with Crippen LogP contribution in [-0.2, 0) is 14.4 Å². The second-order valence-corrected chi connectivity index (χ2v) is 4.39. The molecule has 0 spiro atoms. The van der Waals surface area contributed by atoms with E-state index in [4.69, 9.17) is 0 Å². The molecule has 116 valence electrons. The fraction of sp³-hybridized carbons (Fsp3) is 0.750. The van der Waals surface area contributed by atoms with Gasteiger partial charge >= 0.3 is 0 Å². The molecule has 0 aromatic rings. The van der Waals surface area contributed by atoms with Crippen LogP contribution in [0.5, 0.6) is 0 Å². The molecule has 1 N–H and O–H groups in total. The van der Waals surface area contributed by atoms with Crippen molar-refractivity contribution in [3.8, 4) is 0 Å². The van der Waals surface area contributed by atoms with Gasteiger partial charge in [-0.05, 0) is 19.4 Å². The van der Waals surface area contributed by atoms with Crippen molar-refractivity contribution in [3.63, 3.8) is 0 Å². The summed E-state index contributed by atoms with van der Waals surface area (Å²) < 4.78 is 0. The monoisotopic (exact) mass is 288 g/mol. The Hall–Kier alpha value is -1.67. The normalized spacial score (nSPS) is 15.6. The van der Waals surface area contributed by atoms with Gasteiger partial charge in [0.2, 0.25) is 0 Å². The van der Waals surface area contributed by atoms with Gasteiger partial charge in [0.15, 0.2) is 0 Å². The fourth-order valence-electron chi connectivity index (χ4n) is 2.01. The number of hydrogen-bond donors (Lipinski definition) is 1. The lowest BCUT2D eigenvalue weighted by Gasteiger charge is -2.41. The lowest BCUT2D eigenvalue weighted by molar-refractivity contribution is -0.333. The summed E-state index contributed by atoms with van der Waals surface area (Å²) in [5.74, 6) is -5.41. The van der Waals surface area contributed by atoms with Crippen molar-refractivity contribution >= 4 is 17.9 Å². The van der Waals surface area contributed by atoms with Crippen LogP contribution in [0.25, 0.3) is 0 Å². The van der Waals surface area contributed by atoms with Crippen molar-refractivity contribution in [1.82, 2.24) is 4.90 Å². The molecule has 0 aromatic heterocycles. The zero-order chi connectivity index (χ0) is 15.9. The molecule has 3 atom stereocenters. The summed E-state index contributed by atoms with van der Waals surface area (Å²) in [5, 5.41) is 42.3. The predicted octanol–water partition coefficient (Wildman–Crippen LogP) is -4.15. The Kier molecular flexibility index (Phi) is 7.78. The van der Waals surface area contributed by atoms with Crippen molar-refractivity contribution < 1.29 is 34.8 Å². The highest BCUT2D eigenvalue weighted by Gasteiger charge is 2.33. The zero-order valence-electron chi connectivity index (χ0n) is 11.4. The number of carbonyl (C=O) groups is 3. The maximum Gasteiger partial charge on any atom is 0.114 e. The largest absolute Gasteiger partial charge is 0.548 e. The zero-order valence-corrected chi connectivity index (χ0v) is 11.4. The van der Waals surface area contributed by atoms with Gasteiger partial charge in [-0.2, -0.15) is 0 Å². The molecule has 0 aliphatic heterocycles. The van der Waals surface area contributed by atoms with E-state index in [1.54, 1.807) is 13.8 Å². The Morgan fingerprint density at radius 1 is 1.00 bits per heavy atom. The second-order valence-electron chi connectivity index (χ2n) is 4.39. The van der Waals surface area contributed by atoms with E-state index in [0.29, 0.717) is 12.8 Å². The lowest BCUT2D eigenvalue weighted by Crippen LogP contribution is -2.64. The van der Waals surface area contributed by atoms with E-state index in [1.807, 2.05) is 0 Å². The minimum Gasteiger partial charge on any atom is -0.548 e. The van der Waals surface area contributed by atoms with E-state index in [1.165, 1.54) is 0 Å². The number of carboxylic acid groups (broad SMARTS) is 3. The maximum atomic E-state index is 11.1. The third-order valence-electron chi connectivity index (χ3n) is 2.86. The molecule has 0 radical (unpaired) electrons. The molecule has 0 heterocycles. The van der Waals surface area contributed by atoms with E-state index in [9.17, 15) is 34.8 Å². The highest BCUT2D eigenvalue weighted by molar-refractivity contribution is 5.83. The van der Waals surface area contributed by atoms with Crippen molar-refractivity contribution in [2.24, 2.45) is 0 Å². The smallest absolute Gasteiger partial charge is 0.114 e. The molecule has 0 aromatic carbocycles. The van der Waals surface area contributed by atoms with E-state index in [-0.39, 0.29) is 13.0 Å². The summed E-state index contributed by atoms with van der Waals surface area (Å²) in [6, 6.07) is -3.33. The highest BCUT2D eigenvalue weighted by atomic mass is 16.4. The number of aliphatic hydroxyl groups excluding tert-OH is 1. The summed E-state index contributed by atoms with van der Waals surface area (Å²) in [5.41, 5.74) is 0. The van der Waals surface area contributed by atoms with Crippen molar-refractivity contribution in [3.05, 3.63) is 0 Å². The molecular weight excluding hydrogens is 270 g/mol. The van der Waals surface area contributed by atoms with E-state index in [0.717, 1.165) is 4.90 Å². The molecule has 0 saturated carbocycles. The summed E-state index contributed by atoms with van der Waals surface area (Å²) in [7, 11) is 0. The number of nitrogens with zero attached hydrogens (tertiary/aromatic N) is 1. The Labute approximate surface area is 116 Å². The quantitative estimate of drug-likeness (QED) is 0.426. The molecule has 3 unspecified atom stereocenters. The van der Waals surface area contributed by atoms with E-state index in [2.05, 4.69) is 0 Å². The van der Waals surface area contributed by atoms with Gasteiger partial charge in [-0.3, -0.25) is 4.90 Å². The standard InChI is InChI=1S/C12H21NO7/c1-3-5-7(10(15)16)13(6-4-2)8(11(17)18)9(14)12(19)20/h7-9,14H,3-6H2,1-2H3,(H,15,16)(H,17,18)(H,19,20)/p-3. The summed E-state index contributed by atoms with van der Waals surface area (Å²) >= 11 is 0. The minimum atomic E-state index is -2.38. The second kappa shape index (κ2) is 8.49. The molecule has 8 nitrogen and oxygen atoms in total. The van der Waals surface area contributed by atoms with Crippen LogP contribution in [0.3, 0.4) is 0 Å². The minimum absolute atomic E-state index is 0.0400. The van der Waals surface area contributed by atoms with Gasteiger partial charge < -0.3 is 34.8 Å². The summed E-state index contributed by atoms with van der Waals surface area (Å²) in [6.45, 7) is 3.30. The van der Waals surface area contributed by atoms with Gasteiger partial charge in [-0.1, -0.05) is 20.3 Å². The van der Waals surface area contributed by atoms with Crippen molar-refractivity contribution in [2.75, 3.05) is 6.54 Å². The van der Waals surface area contributed by atoms with Crippen LogP contribution in [0.15, 0.2) is 0 Å². The first-order chi connectivity index (χ1) is 9.27. The van der Waals surface area contributed by atoms with Crippen LogP contribution in [0, 0.1) is 0 Å². The van der Waals surface area contributed by atoms with Crippen LogP contribution < -0.4 is 15.3 Å². The van der Waals surface area contributed by atoms with Crippen LogP contribution in [0.2, 0.25) is 0 Å². The molecule has 0 rings (SSSR count). The highest BCUT2D eigenvalue weighted by Crippen LogP contribution is 2.15. The third kappa shape index (κ3) is 4.78. The van der Waals surface area contributed by atoms with Crippen LogP contribution in [0.1, 0.15) is 33.1 Å². The fourth-order valence-corrected chi connectivity index (χ4v) is 2.01. The third-order valence-corrected chi connectivity index (χ3v) is 2.86. The van der Waals surface area contributed by atoms with Gasteiger partial charge in [0, 0.05) is 0 Å². The molecule has 0 fully saturated rings. The number of carboxylic acids is 3. The summed E-state index contributed by atoms with van der Waals surface area (Å²) in [4.78, 5) is 33.7. The van der Waals surface area contributed by atoms with Gasteiger partial charge in [0.25, 0.3) is 0 Å². The number of hydrogen-bond acceptors (Lipinski definition) is 8. The maximum absolute atomic E-state index is 11.1.